The number of hydrogen-bond acceptors (Lipinski definition) is 2. The van der Waals surface area contributed by atoms with Crippen molar-refractivity contribution in [2.75, 3.05) is 0 Å². The highest BCUT2D eigenvalue weighted by atomic mass is 79.9. The fourth-order valence-electron chi connectivity index (χ4n) is 1.55. The molecule has 2 rings (SSSR count). The maximum Gasteiger partial charge on any atom is 0.162 e. The van der Waals surface area contributed by atoms with Crippen molar-refractivity contribution >= 4 is 27.3 Å². The fraction of sp³-hybridized carbons (Fsp3) is 0.167. The number of hydrogen-bond donors (Lipinski definition) is 1. The monoisotopic (exact) mass is 318 g/mol. The first kappa shape index (κ1) is 12.7. The molecule has 0 aliphatic carbocycles. The van der Waals surface area contributed by atoms with Crippen LogP contribution in [0.25, 0.3) is 0 Å². The molecule has 17 heavy (non-hydrogen) atoms. The Kier molecular flexibility index (Phi) is 3.91. The Hall–Kier alpha value is -0.780. The van der Waals surface area contributed by atoms with E-state index in [9.17, 15) is 13.9 Å². The van der Waals surface area contributed by atoms with Gasteiger partial charge in [0.2, 0.25) is 0 Å². The highest BCUT2D eigenvalue weighted by molar-refractivity contribution is 9.10. The average Bonchev–Trinajstić information content (AvgIpc) is 2.71. The summed E-state index contributed by atoms with van der Waals surface area (Å²) >= 11 is 4.67. The van der Waals surface area contributed by atoms with E-state index in [0.29, 0.717) is 4.88 Å². The van der Waals surface area contributed by atoms with Gasteiger partial charge in [0.15, 0.2) is 11.6 Å². The summed E-state index contributed by atoms with van der Waals surface area (Å²) in [5.74, 6) is -1.78. The molecule has 0 saturated heterocycles. The van der Waals surface area contributed by atoms with Gasteiger partial charge in [0.25, 0.3) is 0 Å². The molecule has 1 N–H and O–H groups in total. The number of rotatable bonds is 3. The van der Waals surface area contributed by atoms with E-state index in [4.69, 9.17) is 0 Å². The Morgan fingerprint density at radius 3 is 2.71 bits per heavy atom. The fourth-order valence-corrected chi connectivity index (χ4v) is 3.17. The molecule has 1 aromatic carbocycles. The minimum absolute atomic E-state index is 0.0582. The Bertz CT molecular complexity index is 527. The first-order valence-electron chi connectivity index (χ1n) is 4.93. The average molecular weight is 319 g/mol. The molecule has 1 atom stereocenters. The van der Waals surface area contributed by atoms with Gasteiger partial charge < -0.3 is 5.11 Å². The van der Waals surface area contributed by atoms with Crippen LogP contribution in [0.3, 0.4) is 0 Å². The largest absolute Gasteiger partial charge is 0.387 e. The van der Waals surface area contributed by atoms with Gasteiger partial charge in [0, 0.05) is 15.8 Å². The van der Waals surface area contributed by atoms with E-state index in [2.05, 4.69) is 15.9 Å². The zero-order chi connectivity index (χ0) is 12.4. The standard InChI is InChI=1S/C12H9BrF2OS/c13-8-4-5-17-12(8)10(16)6-7-2-1-3-9(14)11(7)15/h1-5,10,16H,6H2. The van der Waals surface area contributed by atoms with Crippen LogP contribution in [-0.4, -0.2) is 5.11 Å². The lowest BCUT2D eigenvalue weighted by atomic mass is 10.1. The van der Waals surface area contributed by atoms with Crippen LogP contribution in [0, 0.1) is 11.6 Å². The van der Waals surface area contributed by atoms with Crippen molar-refractivity contribution in [1.82, 2.24) is 0 Å². The van der Waals surface area contributed by atoms with Crippen molar-refractivity contribution in [3.8, 4) is 0 Å². The SMILES string of the molecule is OC(Cc1cccc(F)c1F)c1sccc1Br. The lowest BCUT2D eigenvalue weighted by molar-refractivity contribution is 0.180. The van der Waals surface area contributed by atoms with Crippen molar-refractivity contribution < 1.29 is 13.9 Å². The zero-order valence-corrected chi connectivity index (χ0v) is 11.1. The molecule has 0 amide bonds. The summed E-state index contributed by atoms with van der Waals surface area (Å²) in [5.41, 5.74) is 0.179. The normalized spacial score (nSPS) is 12.7. The third-order valence-corrected chi connectivity index (χ3v) is 4.36. The van der Waals surface area contributed by atoms with Crippen LogP contribution in [0.15, 0.2) is 34.1 Å². The van der Waals surface area contributed by atoms with Crippen LogP contribution in [0.1, 0.15) is 16.5 Å². The molecule has 0 spiro atoms. The predicted molar refractivity (Wildman–Crippen MR) is 67.0 cm³/mol. The van der Waals surface area contributed by atoms with Gasteiger partial charge in [-0.05, 0) is 39.0 Å². The number of benzene rings is 1. The molecule has 5 heteroatoms. The highest BCUT2D eigenvalue weighted by Crippen LogP contribution is 2.31. The van der Waals surface area contributed by atoms with E-state index >= 15 is 0 Å². The molecular weight excluding hydrogens is 310 g/mol. The van der Waals surface area contributed by atoms with Gasteiger partial charge in [0.1, 0.15) is 0 Å². The second-order valence-corrected chi connectivity index (χ2v) is 5.37. The van der Waals surface area contributed by atoms with Gasteiger partial charge in [-0.25, -0.2) is 8.78 Å². The van der Waals surface area contributed by atoms with Gasteiger partial charge in [-0.3, -0.25) is 0 Å². The summed E-state index contributed by atoms with van der Waals surface area (Å²) in [7, 11) is 0. The zero-order valence-electron chi connectivity index (χ0n) is 8.66. The van der Waals surface area contributed by atoms with E-state index in [1.165, 1.54) is 23.5 Å². The molecule has 0 aliphatic rings. The van der Waals surface area contributed by atoms with Crippen LogP contribution < -0.4 is 0 Å². The molecule has 1 unspecified atom stereocenters. The van der Waals surface area contributed by atoms with Crippen molar-refractivity contribution in [2.24, 2.45) is 0 Å². The summed E-state index contributed by atoms with van der Waals surface area (Å²) in [6.45, 7) is 0. The molecular formula is C12H9BrF2OS. The quantitative estimate of drug-likeness (QED) is 0.904. The molecule has 0 radical (unpaired) electrons. The first-order valence-corrected chi connectivity index (χ1v) is 6.60. The third kappa shape index (κ3) is 2.73. The lowest BCUT2D eigenvalue weighted by Crippen LogP contribution is -2.03. The Morgan fingerprint density at radius 2 is 2.06 bits per heavy atom. The summed E-state index contributed by atoms with van der Waals surface area (Å²) in [4.78, 5) is 0.716. The second-order valence-electron chi connectivity index (χ2n) is 3.57. The Labute approximate surface area is 110 Å². The smallest absolute Gasteiger partial charge is 0.162 e. The summed E-state index contributed by atoms with van der Waals surface area (Å²) < 4.78 is 27.2. The van der Waals surface area contributed by atoms with E-state index in [1.807, 2.05) is 11.4 Å². The minimum Gasteiger partial charge on any atom is -0.387 e. The van der Waals surface area contributed by atoms with Crippen molar-refractivity contribution in [3.63, 3.8) is 0 Å². The maximum atomic E-state index is 13.4. The van der Waals surface area contributed by atoms with Crippen molar-refractivity contribution in [1.29, 1.82) is 0 Å². The second kappa shape index (κ2) is 5.25. The van der Waals surface area contributed by atoms with Crippen LogP contribution in [0.2, 0.25) is 0 Å². The van der Waals surface area contributed by atoms with Gasteiger partial charge in [-0.15, -0.1) is 11.3 Å². The predicted octanol–water partition coefficient (Wildman–Crippen LogP) is 4.06. The summed E-state index contributed by atoms with van der Waals surface area (Å²) in [5, 5.41) is 11.8. The minimum atomic E-state index is -0.890. The third-order valence-electron chi connectivity index (χ3n) is 2.39. The maximum absolute atomic E-state index is 13.4. The van der Waals surface area contributed by atoms with Crippen molar-refractivity contribution in [3.05, 3.63) is 56.2 Å². The van der Waals surface area contributed by atoms with Gasteiger partial charge in [-0.2, -0.15) is 0 Å². The summed E-state index contributed by atoms with van der Waals surface area (Å²) in [6.07, 6.45) is -0.774. The van der Waals surface area contributed by atoms with E-state index in [1.54, 1.807) is 0 Å². The van der Waals surface area contributed by atoms with Crippen LogP contribution >= 0.6 is 27.3 Å². The highest BCUT2D eigenvalue weighted by Gasteiger charge is 2.16. The molecule has 0 fully saturated rings. The Morgan fingerprint density at radius 1 is 1.29 bits per heavy atom. The van der Waals surface area contributed by atoms with Crippen molar-refractivity contribution in [2.45, 2.75) is 12.5 Å². The number of aliphatic hydroxyl groups excluding tert-OH is 1. The van der Waals surface area contributed by atoms with Gasteiger partial charge in [0.05, 0.1) is 6.10 Å². The summed E-state index contributed by atoms with van der Waals surface area (Å²) in [6, 6.07) is 5.78. The molecule has 1 nitrogen and oxygen atoms in total. The molecule has 2 aromatic rings. The van der Waals surface area contributed by atoms with Crippen LogP contribution in [0.4, 0.5) is 8.78 Å². The molecule has 90 valence electrons. The molecule has 0 aliphatic heterocycles. The Balaban J connectivity index is 2.22. The molecule has 0 saturated carbocycles. The number of thiophene rings is 1. The van der Waals surface area contributed by atoms with Gasteiger partial charge in [-0.1, -0.05) is 12.1 Å². The molecule has 1 heterocycles. The van der Waals surface area contributed by atoms with Crippen LogP contribution in [0.5, 0.6) is 0 Å². The molecule has 1 aromatic heterocycles. The topological polar surface area (TPSA) is 20.2 Å². The number of aliphatic hydroxyl groups is 1. The van der Waals surface area contributed by atoms with E-state index in [-0.39, 0.29) is 12.0 Å². The van der Waals surface area contributed by atoms with E-state index in [0.717, 1.165) is 10.5 Å². The van der Waals surface area contributed by atoms with Gasteiger partial charge >= 0.3 is 0 Å². The number of halogens is 3. The lowest BCUT2D eigenvalue weighted by Gasteiger charge is -2.10. The molecule has 0 bridgehead atoms. The van der Waals surface area contributed by atoms with Crippen LogP contribution in [-0.2, 0) is 6.42 Å². The first-order chi connectivity index (χ1) is 8.09. The van der Waals surface area contributed by atoms with E-state index < -0.39 is 17.7 Å².